The van der Waals surface area contributed by atoms with Crippen LogP contribution in [0.3, 0.4) is 0 Å². The molecule has 0 fully saturated rings. The molecule has 0 aromatic rings. The van der Waals surface area contributed by atoms with Gasteiger partial charge in [-0.2, -0.15) is 0 Å². The molecule has 0 aliphatic heterocycles. The van der Waals surface area contributed by atoms with Gasteiger partial charge >= 0.3 is 0 Å². The Morgan fingerprint density at radius 3 is 2.40 bits per heavy atom. The summed E-state index contributed by atoms with van der Waals surface area (Å²) in [4.78, 5) is 0. The molecule has 0 aliphatic rings. The van der Waals surface area contributed by atoms with E-state index in [1.165, 1.54) is 6.42 Å². The number of unbranched alkanes of at least 4 members (excludes halogenated alkanes) is 1. The van der Waals surface area contributed by atoms with Gasteiger partial charge in [-0.05, 0) is 11.8 Å². The van der Waals surface area contributed by atoms with Crippen LogP contribution in [0, 0.1) is 0 Å². The highest BCUT2D eigenvalue weighted by Crippen LogP contribution is 1.77. The zero-order valence-electron chi connectivity index (χ0n) is 3.40. The molecule has 0 aromatic carbocycles. The Hall–Kier alpha value is 0.0900. The van der Waals surface area contributed by atoms with Gasteiger partial charge in [-0.3, -0.25) is 0 Å². The summed E-state index contributed by atoms with van der Waals surface area (Å²) in [7, 11) is 0. The first-order valence-corrected chi connectivity index (χ1v) is 2.32. The van der Waals surface area contributed by atoms with Crippen molar-refractivity contribution in [1.82, 2.24) is 0 Å². The van der Waals surface area contributed by atoms with Crippen molar-refractivity contribution in [3.63, 3.8) is 0 Å². The van der Waals surface area contributed by atoms with Crippen molar-refractivity contribution in [2.45, 2.75) is 19.8 Å². The minimum absolute atomic E-state index is 1.08. The maximum absolute atomic E-state index is 4.53. The molecule has 0 nitrogen and oxygen atoms in total. The average molecular weight is 88.2 g/mol. The zero-order chi connectivity index (χ0) is 4.12. The first kappa shape index (κ1) is 5.09. The average Bonchev–Trinajstić information content (AvgIpc) is 1.41. The summed E-state index contributed by atoms with van der Waals surface area (Å²) in [6, 6.07) is 0. The van der Waals surface area contributed by atoms with Crippen LogP contribution in [0.2, 0.25) is 0 Å². The van der Waals surface area contributed by atoms with E-state index >= 15 is 0 Å². The van der Waals surface area contributed by atoms with Crippen LogP contribution in [0.4, 0.5) is 0 Å². The lowest BCUT2D eigenvalue weighted by atomic mass is 10.4. The van der Waals surface area contributed by atoms with Gasteiger partial charge in [0.15, 0.2) is 0 Å². The van der Waals surface area contributed by atoms with E-state index in [0.717, 1.165) is 6.42 Å². The van der Waals surface area contributed by atoms with Gasteiger partial charge in [0.05, 0.1) is 0 Å². The molecule has 1 heteroatoms. The summed E-state index contributed by atoms with van der Waals surface area (Å²) in [6.07, 6.45) is 2.26. The van der Waals surface area contributed by atoms with E-state index < -0.39 is 0 Å². The fraction of sp³-hybridized carbons (Fsp3) is 0.750. The molecule has 0 N–H and O–H groups in total. The summed E-state index contributed by atoms with van der Waals surface area (Å²) < 4.78 is 0. The fourth-order valence-electron chi connectivity index (χ4n) is 0.118. The van der Waals surface area contributed by atoms with E-state index in [2.05, 4.69) is 19.1 Å². The number of thiocarbonyl (C=S) groups is 1. The van der Waals surface area contributed by atoms with Crippen LogP contribution < -0.4 is 0 Å². The van der Waals surface area contributed by atoms with Crippen molar-refractivity contribution >= 4 is 17.6 Å². The van der Waals surface area contributed by atoms with E-state index in [9.17, 15) is 0 Å². The first-order chi connectivity index (χ1) is 2.41. The van der Waals surface area contributed by atoms with E-state index in [-0.39, 0.29) is 0 Å². The molecule has 0 aliphatic carbocycles. The highest BCUT2D eigenvalue weighted by Gasteiger charge is 1.63. The van der Waals surface area contributed by atoms with Crippen LogP contribution in [0.5, 0.6) is 0 Å². The predicted octanol–water partition coefficient (Wildman–Crippen LogP) is 1.79. The highest BCUT2D eigenvalue weighted by molar-refractivity contribution is 7.78. The Morgan fingerprint density at radius 1 is 1.80 bits per heavy atom. The minimum Gasteiger partial charge on any atom is -0.0935 e. The summed E-state index contributed by atoms with van der Waals surface area (Å²) in [5.41, 5.74) is 0. The van der Waals surface area contributed by atoms with Gasteiger partial charge in [-0.15, -0.1) is 0 Å². The monoisotopic (exact) mass is 88.0 g/mol. The van der Waals surface area contributed by atoms with Gasteiger partial charge < -0.3 is 0 Å². The molecular weight excluding hydrogens is 80.1 g/mol. The van der Waals surface area contributed by atoms with Gasteiger partial charge in [-0.1, -0.05) is 25.6 Å². The third-order valence-corrected chi connectivity index (χ3v) is 0.642. The topological polar surface area (TPSA) is 0 Å². The van der Waals surface area contributed by atoms with Gasteiger partial charge in [0.2, 0.25) is 0 Å². The summed E-state index contributed by atoms with van der Waals surface area (Å²) >= 11 is 4.53. The second-order valence-electron chi connectivity index (χ2n) is 0.955. The second kappa shape index (κ2) is 4.09. The molecule has 0 unspecified atom stereocenters. The van der Waals surface area contributed by atoms with Crippen molar-refractivity contribution in [3.05, 3.63) is 0 Å². The fourth-order valence-corrected chi connectivity index (χ4v) is 0.354. The van der Waals surface area contributed by atoms with Crippen molar-refractivity contribution in [3.8, 4) is 0 Å². The van der Waals surface area contributed by atoms with Crippen molar-refractivity contribution in [1.29, 1.82) is 0 Å². The van der Waals surface area contributed by atoms with Gasteiger partial charge in [-0.25, -0.2) is 0 Å². The summed E-state index contributed by atoms with van der Waals surface area (Å²) in [6.45, 7) is 2.11. The minimum atomic E-state index is 1.08. The molecule has 0 saturated heterocycles. The molecule has 30 valence electrons. The van der Waals surface area contributed by atoms with Crippen LogP contribution in [0.1, 0.15) is 19.8 Å². The van der Waals surface area contributed by atoms with Crippen LogP contribution in [0.25, 0.3) is 0 Å². The zero-order valence-corrected chi connectivity index (χ0v) is 4.22. The third-order valence-electron chi connectivity index (χ3n) is 0.407. The van der Waals surface area contributed by atoms with E-state index in [4.69, 9.17) is 0 Å². The lowest BCUT2D eigenvalue weighted by Gasteiger charge is -1.71. The maximum atomic E-state index is 4.53. The molecule has 0 amide bonds. The smallest absolute Gasteiger partial charge is 0.0211 e. The Labute approximate surface area is 38.2 Å². The molecule has 0 bridgehead atoms. The van der Waals surface area contributed by atoms with Crippen LogP contribution in [-0.2, 0) is 0 Å². The SMILES string of the molecule is CCCC=S. The van der Waals surface area contributed by atoms with Crippen LogP contribution in [0.15, 0.2) is 0 Å². The van der Waals surface area contributed by atoms with Crippen molar-refractivity contribution in [2.75, 3.05) is 0 Å². The second-order valence-corrected chi connectivity index (χ2v) is 1.29. The highest BCUT2D eigenvalue weighted by atomic mass is 32.1. The van der Waals surface area contributed by atoms with Gasteiger partial charge in [0.25, 0.3) is 0 Å². The third kappa shape index (κ3) is 4.09. The van der Waals surface area contributed by atoms with Crippen molar-refractivity contribution < 1.29 is 0 Å². The molecule has 0 saturated carbocycles. The number of rotatable bonds is 2. The Morgan fingerprint density at radius 2 is 2.40 bits per heavy atom. The largest absolute Gasteiger partial charge is 0.0935 e. The molecule has 0 rings (SSSR count). The lowest BCUT2D eigenvalue weighted by molar-refractivity contribution is 1.02. The normalized spacial score (nSPS) is 7.40. The lowest BCUT2D eigenvalue weighted by Crippen LogP contribution is -1.61. The Balaban J connectivity index is 2.40. The standard InChI is InChI=1S/C4H8S/c1-2-3-4-5/h4H,2-3H2,1H3. The van der Waals surface area contributed by atoms with E-state index in [0.29, 0.717) is 0 Å². The number of hydrogen-bond donors (Lipinski definition) is 0. The molecule has 0 atom stereocenters. The van der Waals surface area contributed by atoms with Crippen LogP contribution >= 0.6 is 12.2 Å². The molecule has 0 spiro atoms. The quantitative estimate of drug-likeness (QED) is 0.464. The molecule has 0 heterocycles. The maximum Gasteiger partial charge on any atom is -0.0211 e. The van der Waals surface area contributed by atoms with Crippen molar-refractivity contribution in [2.24, 2.45) is 0 Å². The first-order valence-electron chi connectivity index (χ1n) is 1.85. The molecule has 5 heavy (non-hydrogen) atoms. The molecule has 0 radical (unpaired) electrons. The Bertz CT molecular complexity index is 24.8. The van der Waals surface area contributed by atoms with E-state index in [1.807, 2.05) is 0 Å². The predicted molar refractivity (Wildman–Crippen MR) is 28.6 cm³/mol. The van der Waals surface area contributed by atoms with E-state index in [1.54, 1.807) is 5.37 Å². The summed E-state index contributed by atoms with van der Waals surface area (Å²) in [5, 5.41) is 1.76. The molecule has 0 aromatic heterocycles. The molecular formula is C4H8S. The number of hydrogen-bond acceptors (Lipinski definition) is 1. The van der Waals surface area contributed by atoms with Gasteiger partial charge in [0.1, 0.15) is 0 Å². The Kier molecular flexibility index (Phi) is 4.16. The summed E-state index contributed by atoms with van der Waals surface area (Å²) in [5.74, 6) is 0. The van der Waals surface area contributed by atoms with Crippen LogP contribution in [-0.4, -0.2) is 5.37 Å². The van der Waals surface area contributed by atoms with Gasteiger partial charge in [0, 0.05) is 0 Å².